The number of benzene rings is 1. The predicted octanol–water partition coefficient (Wildman–Crippen LogP) is 2.44. The summed E-state index contributed by atoms with van der Waals surface area (Å²) >= 11 is 0. The Bertz CT molecular complexity index is 271. The molecule has 0 aliphatic rings. The van der Waals surface area contributed by atoms with E-state index in [-0.39, 0.29) is 0 Å². The van der Waals surface area contributed by atoms with Gasteiger partial charge < -0.3 is 10.1 Å². The highest BCUT2D eigenvalue weighted by molar-refractivity contribution is 5.28. The molecule has 78 valence electrons. The van der Waals surface area contributed by atoms with Crippen LogP contribution in [0.5, 0.6) is 5.75 Å². The molecule has 1 aromatic rings. The minimum absolute atomic E-state index is 0.695. The van der Waals surface area contributed by atoms with Crippen LogP contribution in [0.1, 0.15) is 19.4 Å². The summed E-state index contributed by atoms with van der Waals surface area (Å²) in [6.45, 7) is 6.38. The summed E-state index contributed by atoms with van der Waals surface area (Å²) in [6, 6.07) is 8.15. The normalized spacial score (nSPS) is 10.6. The van der Waals surface area contributed by atoms with Gasteiger partial charge in [0.25, 0.3) is 0 Å². The zero-order chi connectivity index (χ0) is 10.4. The van der Waals surface area contributed by atoms with Crippen LogP contribution in [0.3, 0.4) is 0 Å². The Morgan fingerprint density at radius 3 is 2.79 bits per heavy atom. The zero-order valence-electron chi connectivity index (χ0n) is 9.21. The minimum Gasteiger partial charge on any atom is -0.497 e. The fourth-order valence-electron chi connectivity index (χ4n) is 1.29. The summed E-state index contributed by atoms with van der Waals surface area (Å²) in [7, 11) is 1.70. The summed E-state index contributed by atoms with van der Waals surface area (Å²) < 4.78 is 5.15. The van der Waals surface area contributed by atoms with Crippen LogP contribution >= 0.6 is 0 Å². The number of rotatable bonds is 5. The molecule has 0 saturated heterocycles. The van der Waals surface area contributed by atoms with E-state index in [1.54, 1.807) is 7.11 Å². The van der Waals surface area contributed by atoms with Gasteiger partial charge in [-0.15, -0.1) is 0 Å². The van der Waals surface area contributed by atoms with Crippen molar-refractivity contribution in [1.82, 2.24) is 5.32 Å². The number of hydrogen-bond donors (Lipinski definition) is 1. The van der Waals surface area contributed by atoms with Crippen molar-refractivity contribution >= 4 is 0 Å². The van der Waals surface area contributed by atoms with Crippen molar-refractivity contribution < 1.29 is 4.74 Å². The summed E-state index contributed by atoms with van der Waals surface area (Å²) in [6.07, 6.45) is 0. The molecule has 0 amide bonds. The summed E-state index contributed by atoms with van der Waals surface area (Å²) in [4.78, 5) is 0. The van der Waals surface area contributed by atoms with Crippen LogP contribution in [0.2, 0.25) is 0 Å². The first-order valence-corrected chi connectivity index (χ1v) is 5.06. The Morgan fingerprint density at radius 1 is 1.36 bits per heavy atom. The Kier molecular flexibility index (Phi) is 4.47. The van der Waals surface area contributed by atoms with Gasteiger partial charge in [-0.1, -0.05) is 26.0 Å². The molecular weight excluding hydrogens is 174 g/mol. The molecule has 0 aliphatic heterocycles. The van der Waals surface area contributed by atoms with Crippen molar-refractivity contribution in [2.75, 3.05) is 13.7 Å². The topological polar surface area (TPSA) is 21.3 Å². The lowest BCUT2D eigenvalue weighted by Gasteiger charge is -2.08. The third-order valence-corrected chi connectivity index (χ3v) is 2.02. The van der Waals surface area contributed by atoms with Gasteiger partial charge in [-0.25, -0.2) is 0 Å². The lowest BCUT2D eigenvalue weighted by atomic mass is 10.2. The van der Waals surface area contributed by atoms with Gasteiger partial charge in [0.2, 0.25) is 0 Å². The van der Waals surface area contributed by atoms with Gasteiger partial charge in [-0.3, -0.25) is 0 Å². The molecule has 0 saturated carbocycles. The lowest BCUT2D eigenvalue weighted by Crippen LogP contribution is -2.18. The van der Waals surface area contributed by atoms with E-state index in [9.17, 15) is 0 Å². The van der Waals surface area contributed by atoms with Crippen molar-refractivity contribution in [1.29, 1.82) is 0 Å². The predicted molar refractivity (Wildman–Crippen MR) is 59.5 cm³/mol. The molecule has 1 rings (SSSR count). The number of nitrogens with one attached hydrogen (secondary N) is 1. The third kappa shape index (κ3) is 3.79. The molecule has 14 heavy (non-hydrogen) atoms. The van der Waals surface area contributed by atoms with Crippen LogP contribution in [0.4, 0.5) is 0 Å². The van der Waals surface area contributed by atoms with Crippen LogP contribution in [-0.4, -0.2) is 13.7 Å². The van der Waals surface area contributed by atoms with Gasteiger partial charge >= 0.3 is 0 Å². The van der Waals surface area contributed by atoms with E-state index in [0.29, 0.717) is 5.92 Å². The molecule has 0 radical (unpaired) electrons. The maximum Gasteiger partial charge on any atom is 0.119 e. The van der Waals surface area contributed by atoms with Gasteiger partial charge in [0, 0.05) is 6.54 Å². The largest absolute Gasteiger partial charge is 0.497 e. The Hall–Kier alpha value is -1.02. The molecule has 2 heteroatoms. The summed E-state index contributed by atoms with van der Waals surface area (Å²) in [5.74, 6) is 1.62. The van der Waals surface area contributed by atoms with Crippen molar-refractivity contribution in [2.45, 2.75) is 20.4 Å². The quantitative estimate of drug-likeness (QED) is 0.775. The molecule has 0 atom stereocenters. The number of methoxy groups -OCH3 is 1. The highest BCUT2D eigenvalue weighted by Gasteiger charge is 1.96. The van der Waals surface area contributed by atoms with Gasteiger partial charge in [0.15, 0.2) is 0 Å². The van der Waals surface area contributed by atoms with E-state index in [1.807, 2.05) is 12.1 Å². The molecule has 0 spiro atoms. The second-order valence-corrected chi connectivity index (χ2v) is 3.88. The molecule has 0 heterocycles. The van der Waals surface area contributed by atoms with Crippen molar-refractivity contribution in [3.05, 3.63) is 29.8 Å². The molecule has 0 bridgehead atoms. The highest BCUT2D eigenvalue weighted by Crippen LogP contribution is 2.12. The molecule has 0 aliphatic carbocycles. The van der Waals surface area contributed by atoms with E-state index in [4.69, 9.17) is 4.74 Å². The maximum absolute atomic E-state index is 5.15. The van der Waals surface area contributed by atoms with Crippen molar-refractivity contribution in [2.24, 2.45) is 5.92 Å². The molecule has 2 nitrogen and oxygen atoms in total. The average molecular weight is 193 g/mol. The number of hydrogen-bond acceptors (Lipinski definition) is 2. The highest BCUT2D eigenvalue weighted by atomic mass is 16.5. The SMILES string of the molecule is COc1cccc(CNCC(C)C)c1. The minimum atomic E-state index is 0.695. The third-order valence-electron chi connectivity index (χ3n) is 2.02. The molecular formula is C12H19NO. The Balaban J connectivity index is 2.42. The average Bonchev–Trinajstić information content (AvgIpc) is 2.18. The first kappa shape index (κ1) is 11.1. The fraction of sp³-hybridized carbons (Fsp3) is 0.500. The summed E-state index contributed by atoms with van der Waals surface area (Å²) in [5, 5.41) is 3.40. The van der Waals surface area contributed by atoms with Crippen molar-refractivity contribution in [3.63, 3.8) is 0 Å². The van der Waals surface area contributed by atoms with Crippen molar-refractivity contribution in [3.8, 4) is 5.75 Å². The number of ether oxygens (including phenoxy) is 1. The molecule has 0 fully saturated rings. The smallest absolute Gasteiger partial charge is 0.119 e. The van der Waals surface area contributed by atoms with Crippen LogP contribution in [-0.2, 0) is 6.54 Å². The van der Waals surface area contributed by atoms with E-state index in [2.05, 4.69) is 31.3 Å². The first-order chi connectivity index (χ1) is 6.72. The zero-order valence-corrected chi connectivity index (χ0v) is 9.21. The van der Waals surface area contributed by atoms with Crippen LogP contribution in [0, 0.1) is 5.92 Å². The van der Waals surface area contributed by atoms with E-state index in [0.717, 1.165) is 18.8 Å². The van der Waals surface area contributed by atoms with Crippen LogP contribution in [0.15, 0.2) is 24.3 Å². The van der Waals surface area contributed by atoms with Crippen LogP contribution in [0.25, 0.3) is 0 Å². The first-order valence-electron chi connectivity index (χ1n) is 5.06. The molecule has 1 N–H and O–H groups in total. The van der Waals surface area contributed by atoms with Gasteiger partial charge in [0.05, 0.1) is 7.11 Å². The second-order valence-electron chi connectivity index (χ2n) is 3.88. The second kappa shape index (κ2) is 5.66. The van der Waals surface area contributed by atoms with Gasteiger partial charge in [-0.05, 0) is 30.2 Å². The maximum atomic E-state index is 5.15. The van der Waals surface area contributed by atoms with Crippen LogP contribution < -0.4 is 10.1 Å². The van der Waals surface area contributed by atoms with E-state index < -0.39 is 0 Å². The molecule has 0 aromatic heterocycles. The molecule has 0 unspecified atom stereocenters. The Morgan fingerprint density at radius 2 is 2.14 bits per heavy atom. The van der Waals surface area contributed by atoms with Gasteiger partial charge in [0.1, 0.15) is 5.75 Å². The lowest BCUT2D eigenvalue weighted by molar-refractivity contribution is 0.414. The Labute approximate surface area is 86.3 Å². The van der Waals surface area contributed by atoms with E-state index in [1.165, 1.54) is 5.56 Å². The summed E-state index contributed by atoms with van der Waals surface area (Å²) in [5.41, 5.74) is 1.27. The van der Waals surface area contributed by atoms with E-state index >= 15 is 0 Å². The monoisotopic (exact) mass is 193 g/mol. The molecule has 1 aromatic carbocycles. The van der Waals surface area contributed by atoms with Gasteiger partial charge in [-0.2, -0.15) is 0 Å². The fourth-order valence-corrected chi connectivity index (χ4v) is 1.29. The standard InChI is InChI=1S/C12H19NO/c1-10(2)8-13-9-11-5-4-6-12(7-11)14-3/h4-7,10,13H,8-9H2,1-3H3.